The molecule has 0 radical (unpaired) electrons. The summed E-state index contributed by atoms with van der Waals surface area (Å²) >= 11 is 1.03. The lowest BCUT2D eigenvalue weighted by Gasteiger charge is -2.08. The lowest BCUT2D eigenvalue weighted by Crippen LogP contribution is -1.96. The molecule has 0 unspecified atom stereocenters. The van der Waals surface area contributed by atoms with Gasteiger partial charge in [0.25, 0.3) is 0 Å². The van der Waals surface area contributed by atoms with Crippen molar-refractivity contribution >= 4 is 17.4 Å². The van der Waals surface area contributed by atoms with Crippen molar-refractivity contribution in [2.75, 3.05) is 5.73 Å². The lowest BCUT2D eigenvalue weighted by molar-refractivity contribution is 0.492. The van der Waals surface area contributed by atoms with Gasteiger partial charge < -0.3 is 5.73 Å². The molecule has 0 spiro atoms. The zero-order valence-electron chi connectivity index (χ0n) is 10.00. The van der Waals surface area contributed by atoms with E-state index in [2.05, 4.69) is 4.98 Å². The van der Waals surface area contributed by atoms with Crippen LogP contribution in [-0.4, -0.2) is 4.98 Å². The maximum Gasteiger partial charge on any atom is 0.174 e. The summed E-state index contributed by atoms with van der Waals surface area (Å²) in [6.45, 7) is 3.77. The molecule has 0 aliphatic carbocycles. The Bertz CT molecular complexity index is 580. The van der Waals surface area contributed by atoms with Crippen LogP contribution in [0, 0.1) is 25.5 Å². The van der Waals surface area contributed by atoms with Crippen LogP contribution in [0.25, 0.3) is 0 Å². The van der Waals surface area contributed by atoms with Crippen molar-refractivity contribution in [2.45, 2.75) is 23.8 Å². The molecule has 5 heteroatoms. The maximum absolute atomic E-state index is 13.6. The maximum atomic E-state index is 13.6. The molecule has 0 saturated heterocycles. The van der Waals surface area contributed by atoms with E-state index in [1.165, 1.54) is 6.07 Å². The third-order valence-electron chi connectivity index (χ3n) is 2.36. The van der Waals surface area contributed by atoms with E-state index < -0.39 is 11.6 Å². The highest BCUT2D eigenvalue weighted by Gasteiger charge is 2.14. The molecule has 2 nitrogen and oxygen atoms in total. The molecule has 1 aromatic heterocycles. The van der Waals surface area contributed by atoms with Gasteiger partial charge in [-0.1, -0.05) is 11.8 Å². The van der Waals surface area contributed by atoms with E-state index in [4.69, 9.17) is 5.73 Å². The number of anilines is 1. The number of pyridine rings is 1. The number of rotatable bonds is 2. The Morgan fingerprint density at radius 2 is 1.89 bits per heavy atom. The van der Waals surface area contributed by atoms with Gasteiger partial charge in [0, 0.05) is 11.4 Å². The highest BCUT2D eigenvalue weighted by molar-refractivity contribution is 7.99. The van der Waals surface area contributed by atoms with Crippen LogP contribution >= 0.6 is 11.8 Å². The third kappa shape index (κ3) is 2.61. The summed E-state index contributed by atoms with van der Waals surface area (Å²) < 4.78 is 26.8. The zero-order valence-corrected chi connectivity index (χ0v) is 10.8. The van der Waals surface area contributed by atoms with Crippen LogP contribution < -0.4 is 5.73 Å². The van der Waals surface area contributed by atoms with Crippen molar-refractivity contribution in [2.24, 2.45) is 0 Å². The fourth-order valence-corrected chi connectivity index (χ4v) is 2.63. The Balaban J connectivity index is 2.42. The summed E-state index contributed by atoms with van der Waals surface area (Å²) in [5, 5.41) is 0.601. The molecule has 0 bridgehead atoms. The minimum absolute atomic E-state index is 0.0764. The van der Waals surface area contributed by atoms with Gasteiger partial charge in [0.15, 0.2) is 11.6 Å². The minimum Gasteiger partial charge on any atom is -0.398 e. The number of nitrogens with two attached hydrogens (primary N) is 1. The second kappa shape index (κ2) is 4.94. The van der Waals surface area contributed by atoms with E-state index in [0.717, 1.165) is 29.1 Å². The molecule has 0 aliphatic rings. The van der Waals surface area contributed by atoms with Crippen molar-refractivity contribution in [3.05, 3.63) is 47.2 Å². The van der Waals surface area contributed by atoms with Crippen LogP contribution in [0.1, 0.15) is 11.3 Å². The van der Waals surface area contributed by atoms with Crippen molar-refractivity contribution < 1.29 is 8.78 Å². The van der Waals surface area contributed by atoms with E-state index in [-0.39, 0.29) is 10.6 Å². The first-order chi connectivity index (χ1) is 8.47. The molecular formula is C13H12F2N2S. The fourth-order valence-electron chi connectivity index (χ4n) is 1.61. The van der Waals surface area contributed by atoms with E-state index in [9.17, 15) is 8.78 Å². The summed E-state index contributed by atoms with van der Waals surface area (Å²) in [6, 6.07) is 6.09. The SMILES string of the molecule is Cc1cc(C)nc(Sc2c(N)ccc(F)c2F)c1. The highest BCUT2D eigenvalue weighted by atomic mass is 32.2. The van der Waals surface area contributed by atoms with Crippen LogP contribution in [0.15, 0.2) is 34.2 Å². The van der Waals surface area contributed by atoms with Gasteiger partial charge in [-0.2, -0.15) is 0 Å². The van der Waals surface area contributed by atoms with Gasteiger partial charge in [0.1, 0.15) is 5.03 Å². The van der Waals surface area contributed by atoms with Crippen LogP contribution in [0.3, 0.4) is 0 Å². The van der Waals surface area contributed by atoms with Gasteiger partial charge in [-0.15, -0.1) is 0 Å². The average molecular weight is 266 g/mol. The predicted molar refractivity (Wildman–Crippen MR) is 68.6 cm³/mol. The number of nitrogens with zero attached hydrogens (tertiary/aromatic N) is 1. The number of hydrogen-bond donors (Lipinski definition) is 1. The Hall–Kier alpha value is -1.62. The molecule has 18 heavy (non-hydrogen) atoms. The van der Waals surface area contributed by atoms with Gasteiger partial charge >= 0.3 is 0 Å². The largest absolute Gasteiger partial charge is 0.398 e. The number of aryl methyl sites for hydroxylation is 2. The average Bonchev–Trinajstić information content (AvgIpc) is 2.28. The van der Waals surface area contributed by atoms with Crippen molar-refractivity contribution in [1.82, 2.24) is 4.98 Å². The summed E-state index contributed by atoms with van der Waals surface area (Å²) in [7, 11) is 0. The van der Waals surface area contributed by atoms with Gasteiger partial charge in [-0.3, -0.25) is 0 Å². The zero-order chi connectivity index (χ0) is 13.3. The minimum atomic E-state index is -0.930. The van der Waals surface area contributed by atoms with Crippen molar-refractivity contribution in [3.63, 3.8) is 0 Å². The molecule has 2 aromatic rings. The van der Waals surface area contributed by atoms with Crippen LogP contribution in [0.5, 0.6) is 0 Å². The summed E-state index contributed by atoms with van der Waals surface area (Å²) in [5.41, 5.74) is 7.71. The number of nitrogen functional groups attached to an aromatic ring is 1. The van der Waals surface area contributed by atoms with Crippen LogP contribution in [-0.2, 0) is 0 Å². The second-order valence-corrected chi connectivity index (χ2v) is 5.04. The van der Waals surface area contributed by atoms with E-state index in [0.29, 0.717) is 5.03 Å². The Labute approximate surface area is 108 Å². The molecule has 1 heterocycles. The standard InChI is InChI=1S/C13H12F2N2S/c1-7-5-8(2)17-11(6-7)18-13-10(16)4-3-9(14)12(13)15/h3-6H,16H2,1-2H3. The molecule has 94 valence electrons. The first-order valence-electron chi connectivity index (χ1n) is 5.34. The Morgan fingerprint density at radius 3 is 2.56 bits per heavy atom. The second-order valence-electron chi connectivity index (χ2n) is 4.01. The quantitative estimate of drug-likeness (QED) is 0.842. The van der Waals surface area contributed by atoms with E-state index in [1.807, 2.05) is 19.9 Å². The molecule has 0 saturated carbocycles. The molecule has 1 aromatic carbocycles. The van der Waals surface area contributed by atoms with Gasteiger partial charge in [0.2, 0.25) is 0 Å². The van der Waals surface area contributed by atoms with Crippen molar-refractivity contribution in [3.8, 4) is 0 Å². The first kappa shape index (κ1) is 12.8. The third-order valence-corrected chi connectivity index (χ3v) is 3.40. The normalized spacial score (nSPS) is 10.7. The number of benzene rings is 1. The predicted octanol–water partition coefficient (Wildman–Crippen LogP) is 3.71. The lowest BCUT2D eigenvalue weighted by atomic mass is 10.3. The fraction of sp³-hybridized carbons (Fsp3) is 0.154. The summed E-state index contributed by atoms with van der Waals surface area (Å²) in [6.07, 6.45) is 0. The summed E-state index contributed by atoms with van der Waals surface area (Å²) in [5.74, 6) is -1.84. The Kier molecular flexibility index (Phi) is 3.52. The molecule has 0 aliphatic heterocycles. The first-order valence-corrected chi connectivity index (χ1v) is 6.15. The van der Waals surface area contributed by atoms with Gasteiger partial charge in [-0.25, -0.2) is 13.8 Å². The van der Waals surface area contributed by atoms with Gasteiger partial charge in [0.05, 0.1) is 4.90 Å². The van der Waals surface area contributed by atoms with Gasteiger partial charge in [-0.05, 0) is 43.7 Å². The molecule has 0 atom stereocenters. The molecule has 0 fully saturated rings. The smallest absolute Gasteiger partial charge is 0.174 e. The van der Waals surface area contributed by atoms with E-state index in [1.54, 1.807) is 6.07 Å². The highest BCUT2D eigenvalue weighted by Crippen LogP contribution is 2.34. The number of halogens is 2. The Morgan fingerprint density at radius 1 is 1.17 bits per heavy atom. The molecular weight excluding hydrogens is 254 g/mol. The number of aromatic nitrogens is 1. The van der Waals surface area contributed by atoms with Crippen LogP contribution in [0.2, 0.25) is 0 Å². The molecule has 2 rings (SSSR count). The molecule has 2 N–H and O–H groups in total. The topological polar surface area (TPSA) is 38.9 Å². The number of hydrogen-bond acceptors (Lipinski definition) is 3. The summed E-state index contributed by atoms with van der Waals surface area (Å²) in [4.78, 5) is 4.34. The van der Waals surface area contributed by atoms with E-state index >= 15 is 0 Å². The monoisotopic (exact) mass is 266 g/mol. The van der Waals surface area contributed by atoms with Crippen LogP contribution in [0.4, 0.5) is 14.5 Å². The molecule has 0 amide bonds. The van der Waals surface area contributed by atoms with Crippen molar-refractivity contribution in [1.29, 1.82) is 0 Å².